The molecule has 5 nitrogen and oxygen atoms in total. The molecule has 23 heavy (non-hydrogen) atoms. The van der Waals surface area contributed by atoms with Gasteiger partial charge < -0.3 is 10.1 Å². The zero-order chi connectivity index (χ0) is 17.0. The Labute approximate surface area is 144 Å². The van der Waals surface area contributed by atoms with Crippen LogP contribution in [0.5, 0.6) is 5.75 Å². The Morgan fingerprint density at radius 3 is 2.87 bits per heavy atom. The average molecular weight is 409 g/mol. The summed E-state index contributed by atoms with van der Waals surface area (Å²) in [6, 6.07) is 4.21. The summed E-state index contributed by atoms with van der Waals surface area (Å²) in [7, 11) is 0. The van der Waals surface area contributed by atoms with E-state index >= 15 is 0 Å². The van der Waals surface area contributed by atoms with Crippen LogP contribution in [0.3, 0.4) is 0 Å². The van der Waals surface area contributed by atoms with E-state index in [2.05, 4.69) is 31.1 Å². The number of amides is 1. The fourth-order valence-electron chi connectivity index (χ4n) is 1.86. The van der Waals surface area contributed by atoms with Gasteiger partial charge in [-0.15, -0.1) is 0 Å². The zero-order valence-corrected chi connectivity index (χ0v) is 14.4. The minimum Gasteiger partial charge on any atom is -0.434 e. The molecule has 2 aromatic rings. The smallest absolute Gasteiger partial charge is 0.387 e. The highest BCUT2D eigenvalue weighted by Gasteiger charge is 2.17. The Bertz CT molecular complexity index is 709. The van der Waals surface area contributed by atoms with Gasteiger partial charge in [0.2, 0.25) is 0 Å². The normalized spacial score (nSPS) is 10.9. The lowest BCUT2D eigenvalue weighted by Gasteiger charge is -2.11. The summed E-state index contributed by atoms with van der Waals surface area (Å²) in [4.78, 5) is 12.2. The van der Waals surface area contributed by atoms with Gasteiger partial charge in [0.25, 0.3) is 5.91 Å². The number of aryl methyl sites for hydroxylation is 1. The monoisotopic (exact) mass is 407 g/mol. The summed E-state index contributed by atoms with van der Waals surface area (Å²) in [6.45, 7) is -0.393. The highest BCUT2D eigenvalue weighted by Crippen LogP contribution is 2.25. The maximum atomic E-state index is 12.4. The number of carbonyl (C=O) groups is 1. The van der Waals surface area contributed by atoms with Crippen LogP contribution >= 0.6 is 27.5 Å². The van der Waals surface area contributed by atoms with Gasteiger partial charge in [0.05, 0.1) is 17.1 Å². The highest BCUT2D eigenvalue weighted by atomic mass is 79.9. The van der Waals surface area contributed by atoms with Crippen molar-refractivity contribution in [2.24, 2.45) is 0 Å². The van der Waals surface area contributed by atoms with Crippen LogP contribution in [0, 0.1) is 0 Å². The van der Waals surface area contributed by atoms with E-state index in [1.807, 2.05) is 6.92 Å². The van der Waals surface area contributed by atoms with Gasteiger partial charge in [0.15, 0.2) is 0 Å². The van der Waals surface area contributed by atoms with Crippen LogP contribution in [0.1, 0.15) is 23.0 Å². The molecule has 2 rings (SSSR count). The number of nitrogens with one attached hydrogen (secondary N) is 1. The maximum absolute atomic E-state index is 12.4. The van der Waals surface area contributed by atoms with Gasteiger partial charge in [-0.1, -0.05) is 27.5 Å². The number of ether oxygens (including phenoxy) is 1. The first kappa shape index (κ1) is 17.7. The second kappa shape index (κ2) is 7.74. The summed E-state index contributed by atoms with van der Waals surface area (Å²) < 4.78 is 31.4. The molecule has 0 aliphatic rings. The van der Waals surface area contributed by atoms with Crippen molar-refractivity contribution in [1.82, 2.24) is 15.1 Å². The van der Waals surface area contributed by atoms with Crippen LogP contribution in [0.25, 0.3) is 0 Å². The fourth-order valence-corrected chi connectivity index (χ4v) is 2.43. The molecular weight excluding hydrogens is 396 g/mol. The summed E-state index contributed by atoms with van der Waals surface area (Å²) >= 11 is 9.20. The van der Waals surface area contributed by atoms with Crippen LogP contribution in [0.4, 0.5) is 8.78 Å². The maximum Gasteiger partial charge on any atom is 0.387 e. The van der Waals surface area contributed by atoms with E-state index in [0.717, 1.165) is 0 Å². The average Bonchev–Trinajstić information content (AvgIpc) is 2.86. The number of benzene rings is 1. The molecule has 124 valence electrons. The second-order valence-corrected chi connectivity index (χ2v) is 5.80. The molecule has 0 saturated heterocycles. The molecule has 0 fully saturated rings. The third-order valence-corrected chi connectivity index (χ3v) is 3.74. The molecule has 1 amide bonds. The largest absolute Gasteiger partial charge is 0.434 e. The molecule has 0 unspecified atom stereocenters. The number of rotatable bonds is 6. The van der Waals surface area contributed by atoms with Crippen molar-refractivity contribution in [3.05, 3.63) is 45.1 Å². The predicted molar refractivity (Wildman–Crippen MR) is 84.9 cm³/mol. The molecule has 1 N–H and O–H groups in total. The van der Waals surface area contributed by atoms with Crippen molar-refractivity contribution < 1.29 is 18.3 Å². The van der Waals surface area contributed by atoms with Gasteiger partial charge in [0.1, 0.15) is 11.4 Å². The number of nitrogens with zero attached hydrogens (tertiary/aromatic N) is 2. The second-order valence-electron chi connectivity index (χ2n) is 4.48. The standard InChI is InChI=1S/C14H13BrClF2N3O2/c1-2-21-7-10(16)11(20-21)6-19-13(22)9-5-8(15)3-4-12(9)23-14(17)18/h3-5,7,14H,2,6H2,1H3,(H,19,22). The number of halogens is 4. The van der Waals surface area contributed by atoms with E-state index in [1.54, 1.807) is 10.9 Å². The third-order valence-electron chi connectivity index (χ3n) is 2.93. The zero-order valence-electron chi connectivity index (χ0n) is 12.0. The molecule has 0 aliphatic carbocycles. The molecule has 1 aromatic heterocycles. The molecule has 0 radical (unpaired) electrons. The number of hydrogen-bond acceptors (Lipinski definition) is 3. The van der Waals surface area contributed by atoms with E-state index < -0.39 is 12.5 Å². The molecule has 1 aromatic carbocycles. The first-order valence-electron chi connectivity index (χ1n) is 6.65. The van der Waals surface area contributed by atoms with E-state index in [1.165, 1.54) is 18.2 Å². The van der Waals surface area contributed by atoms with Crippen molar-refractivity contribution in [2.75, 3.05) is 0 Å². The summed E-state index contributed by atoms with van der Waals surface area (Å²) in [5.74, 6) is -0.769. The van der Waals surface area contributed by atoms with E-state index in [-0.39, 0.29) is 17.9 Å². The van der Waals surface area contributed by atoms with Crippen LogP contribution in [-0.4, -0.2) is 22.3 Å². The van der Waals surface area contributed by atoms with Crippen LogP contribution in [0.15, 0.2) is 28.9 Å². The van der Waals surface area contributed by atoms with Gasteiger partial charge in [0, 0.05) is 17.2 Å². The molecule has 0 atom stereocenters. The molecule has 0 bridgehead atoms. The lowest BCUT2D eigenvalue weighted by atomic mass is 10.2. The summed E-state index contributed by atoms with van der Waals surface area (Å²) in [6.07, 6.45) is 1.65. The Morgan fingerprint density at radius 1 is 1.52 bits per heavy atom. The van der Waals surface area contributed by atoms with Gasteiger partial charge in [-0.05, 0) is 25.1 Å². The minimum absolute atomic E-state index is 0.00859. The van der Waals surface area contributed by atoms with Crippen molar-refractivity contribution in [1.29, 1.82) is 0 Å². The predicted octanol–water partition coefficient (Wildman–Crippen LogP) is 3.85. The number of alkyl halides is 2. The van der Waals surface area contributed by atoms with Crippen LogP contribution in [0.2, 0.25) is 5.02 Å². The molecule has 1 heterocycles. The van der Waals surface area contributed by atoms with Gasteiger partial charge in [-0.25, -0.2) is 0 Å². The lowest BCUT2D eigenvalue weighted by molar-refractivity contribution is -0.0501. The van der Waals surface area contributed by atoms with Gasteiger partial charge >= 0.3 is 6.61 Å². The molecule has 0 aliphatic heterocycles. The van der Waals surface area contributed by atoms with Gasteiger partial charge in [-0.3, -0.25) is 9.48 Å². The Balaban J connectivity index is 2.13. The number of hydrogen-bond donors (Lipinski definition) is 1. The lowest BCUT2D eigenvalue weighted by Crippen LogP contribution is -2.24. The van der Waals surface area contributed by atoms with Crippen LogP contribution in [-0.2, 0) is 13.1 Å². The molecule has 9 heteroatoms. The first-order chi connectivity index (χ1) is 10.9. The van der Waals surface area contributed by atoms with Crippen molar-refractivity contribution in [2.45, 2.75) is 26.6 Å². The topological polar surface area (TPSA) is 56.2 Å². The van der Waals surface area contributed by atoms with E-state index in [9.17, 15) is 13.6 Å². The van der Waals surface area contributed by atoms with E-state index in [0.29, 0.717) is 21.7 Å². The van der Waals surface area contributed by atoms with Gasteiger partial charge in [-0.2, -0.15) is 13.9 Å². The minimum atomic E-state index is -3.02. The Hall–Kier alpha value is -1.67. The number of aromatic nitrogens is 2. The summed E-state index contributed by atoms with van der Waals surface area (Å²) in [5.41, 5.74) is 0.485. The first-order valence-corrected chi connectivity index (χ1v) is 7.82. The fraction of sp³-hybridized carbons (Fsp3) is 0.286. The van der Waals surface area contributed by atoms with Crippen molar-refractivity contribution >= 4 is 33.4 Å². The quantitative estimate of drug-likeness (QED) is 0.790. The SMILES string of the molecule is CCn1cc(Cl)c(CNC(=O)c2cc(Br)ccc2OC(F)F)n1. The van der Waals surface area contributed by atoms with Crippen LogP contribution < -0.4 is 10.1 Å². The van der Waals surface area contributed by atoms with Crippen molar-refractivity contribution in [3.8, 4) is 5.75 Å². The Morgan fingerprint density at radius 2 is 2.26 bits per heavy atom. The Kier molecular flexibility index (Phi) is 5.95. The molecular formula is C14H13BrClF2N3O2. The third kappa shape index (κ3) is 4.65. The molecule has 0 saturated carbocycles. The highest BCUT2D eigenvalue weighted by molar-refractivity contribution is 9.10. The van der Waals surface area contributed by atoms with Crippen molar-refractivity contribution in [3.63, 3.8) is 0 Å². The van der Waals surface area contributed by atoms with E-state index in [4.69, 9.17) is 11.6 Å². The number of carbonyl (C=O) groups excluding carboxylic acids is 1. The molecule has 0 spiro atoms. The summed E-state index contributed by atoms with van der Waals surface area (Å²) in [5, 5.41) is 7.20.